The number of hydrogen-bond acceptors (Lipinski definition) is 6. The molecule has 0 bridgehead atoms. The summed E-state index contributed by atoms with van der Waals surface area (Å²) in [4.78, 5) is 24.8. The van der Waals surface area contributed by atoms with Crippen LogP contribution in [0.1, 0.15) is 16.8 Å². The Balaban J connectivity index is 2.14. The van der Waals surface area contributed by atoms with E-state index in [1.165, 1.54) is 0 Å². The summed E-state index contributed by atoms with van der Waals surface area (Å²) < 4.78 is 5.20. The Bertz CT molecular complexity index is 499. The molecule has 0 aromatic carbocycles. The fourth-order valence-corrected chi connectivity index (χ4v) is 1.83. The second-order valence-electron chi connectivity index (χ2n) is 4.26. The first kappa shape index (κ1) is 13.2. The molecule has 2 heterocycles. The van der Waals surface area contributed by atoms with Crippen molar-refractivity contribution in [3.63, 3.8) is 0 Å². The second-order valence-corrected chi connectivity index (χ2v) is 4.26. The predicted molar refractivity (Wildman–Crippen MR) is 65.3 cm³/mol. The number of carbonyl (C=O) groups is 1. The molecule has 1 aromatic rings. The van der Waals surface area contributed by atoms with Crippen LogP contribution in [-0.4, -0.2) is 40.7 Å². The molecule has 0 aliphatic carbocycles. The number of aromatic carboxylic acids is 1. The van der Waals surface area contributed by atoms with Gasteiger partial charge in [0.25, 0.3) is 0 Å². The van der Waals surface area contributed by atoms with Crippen LogP contribution in [0.5, 0.6) is 0 Å². The molecule has 1 aliphatic heterocycles. The Kier molecular flexibility index (Phi) is 3.91. The highest BCUT2D eigenvalue weighted by atomic mass is 16.6. The van der Waals surface area contributed by atoms with Crippen molar-refractivity contribution in [3.05, 3.63) is 27.9 Å². The molecule has 102 valence electrons. The summed E-state index contributed by atoms with van der Waals surface area (Å²) in [6, 6.07) is 1.00. The number of rotatable bonds is 5. The van der Waals surface area contributed by atoms with E-state index in [1.54, 1.807) is 0 Å². The molecule has 2 N–H and O–H groups in total. The topological polar surface area (TPSA) is 115 Å². The first-order chi connectivity index (χ1) is 9.08. The normalized spacial score (nSPS) is 18.2. The maximum Gasteiger partial charge on any atom is 0.337 e. The Morgan fingerprint density at radius 1 is 1.68 bits per heavy atom. The number of nitrogens with one attached hydrogen (secondary N) is 1. The molecular weight excluding hydrogens is 254 g/mol. The van der Waals surface area contributed by atoms with Crippen molar-refractivity contribution in [2.24, 2.45) is 5.92 Å². The van der Waals surface area contributed by atoms with E-state index < -0.39 is 10.9 Å². The van der Waals surface area contributed by atoms with Gasteiger partial charge in [-0.1, -0.05) is 0 Å². The van der Waals surface area contributed by atoms with Crippen molar-refractivity contribution in [3.8, 4) is 0 Å². The first-order valence-corrected chi connectivity index (χ1v) is 5.77. The highest BCUT2D eigenvalue weighted by molar-refractivity contribution is 5.88. The van der Waals surface area contributed by atoms with Gasteiger partial charge in [-0.3, -0.25) is 10.1 Å². The molecule has 1 saturated heterocycles. The van der Waals surface area contributed by atoms with Crippen LogP contribution in [0.4, 0.5) is 11.5 Å². The number of nitro groups is 1. The molecule has 1 aliphatic rings. The minimum atomic E-state index is -1.24. The zero-order valence-electron chi connectivity index (χ0n) is 10.0. The maximum absolute atomic E-state index is 10.9. The van der Waals surface area contributed by atoms with Gasteiger partial charge in [-0.2, -0.15) is 0 Å². The third kappa shape index (κ3) is 3.16. The third-order valence-electron chi connectivity index (χ3n) is 2.89. The van der Waals surface area contributed by atoms with E-state index >= 15 is 0 Å². The van der Waals surface area contributed by atoms with Gasteiger partial charge in [-0.15, -0.1) is 0 Å². The van der Waals surface area contributed by atoms with E-state index in [9.17, 15) is 14.9 Å². The van der Waals surface area contributed by atoms with E-state index in [1.807, 2.05) is 0 Å². The van der Waals surface area contributed by atoms with E-state index in [4.69, 9.17) is 9.84 Å². The third-order valence-corrected chi connectivity index (χ3v) is 2.89. The SMILES string of the molecule is O=C(O)c1cnc(NCC2CCOC2)c([N+](=O)[O-])c1. The van der Waals surface area contributed by atoms with Gasteiger partial charge in [0.2, 0.25) is 5.82 Å². The lowest BCUT2D eigenvalue weighted by atomic mass is 10.1. The molecule has 1 aromatic heterocycles. The fourth-order valence-electron chi connectivity index (χ4n) is 1.83. The van der Waals surface area contributed by atoms with Gasteiger partial charge in [0.1, 0.15) is 0 Å². The van der Waals surface area contributed by atoms with Gasteiger partial charge in [-0.05, 0) is 6.42 Å². The Labute approximate surface area is 108 Å². The van der Waals surface area contributed by atoms with Gasteiger partial charge in [0.15, 0.2) is 0 Å². The van der Waals surface area contributed by atoms with Crippen LogP contribution in [0.25, 0.3) is 0 Å². The molecule has 1 fully saturated rings. The lowest BCUT2D eigenvalue weighted by Gasteiger charge is -2.10. The molecule has 0 spiro atoms. The standard InChI is InChI=1S/C11H13N3O5/c15-11(16)8-3-9(14(17)18)10(13-5-8)12-4-7-1-2-19-6-7/h3,5,7H,1-2,4,6H2,(H,12,13)(H,15,16). The quantitative estimate of drug-likeness (QED) is 0.607. The molecule has 2 rings (SSSR count). The van der Waals surface area contributed by atoms with Crippen molar-refractivity contribution in [1.82, 2.24) is 4.98 Å². The minimum Gasteiger partial charge on any atom is -0.478 e. The van der Waals surface area contributed by atoms with Gasteiger partial charge in [-0.25, -0.2) is 9.78 Å². The molecule has 0 saturated carbocycles. The van der Waals surface area contributed by atoms with Crippen LogP contribution in [0, 0.1) is 16.0 Å². The van der Waals surface area contributed by atoms with E-state index in [-0.39, 0.29) is 17.1 Å². The van der Waals surface area contributed by atoms with Crippen molar-refractivity contribution in [1.29, 1.82) is 0 Å². The van der Waals surface area contributed by atoms with Gasteiger partial charge < -0.3 is 15.2 Å². The number of aromatic nitrogens is 1. The van der Waals surface area contributed by atoms with Gasteiger partial charge >= 0.3 is 11.7 Å². The zero-order chi connectivity index (χ0) is 13.8. The molecule has 8 nitrogen and oxygen atoms in total. The monoisotopic (exact) mass is 267 g/mol. The van der Waals surface area contributed by atoms with Crippen LogP contribution in [-0.2, 0) is 4.74 Å². The highest BCUT2D eigenvalue weighted by Gasteiger charge is 2.21. The van der Waals surface area contributed by atoms with E-state index in [0.29, 0.717) is 25.7 Å². The molecule has 0 radical (unpaired) electrons. The van der Waals surface area contributed by atoms with Crippen molar-refractivity contribution < 1.29 is 19.6 Å². The molecule has 1 atom stereocenters. The predicted octanol–water partition coefficient (Wildman–Crippen LogP) is 1.14. The average molecular weight is 267 g/mol. The van der Waals surface area contributed by atoms with Crippen molar-refractivity contribution >= 4 is 17.5 Å². The fraction of sp³-hybridized carbons (Fsp3) is 0.455. The van der Waals surface area contributed by atoms with Gasteiger partial charge in [0.05, 0.1) is 17.1 Å². The van der Waals surface area contributed by atoms with Crippen LogP contribution in [0.2, 0.25) is 0 Å². The summed E-state index contributed by atoms with van der Waals surface area (Å²) in [6.07, 6.45) is 2.00. The van der Waals surface area contributed by atoms with Crippen LogP contribution in [0.3, 0.4) is 0 Å². The summed E-state index contributed by atoms with van der Waals surface area (Å²) in [5, 5.41) is 22.6. The van der Waals surface area contributed by atoms with Crippen molar-refractivity contribution in [2.75, 3.05) is 25.1 Å². The maximum atomic E-state index is 10.9. The second kappa shape index (κ2) is 5.61. The van der Waals surface area contributed by atoms with Crippen LogP contribution >= 0.6 is 0 Å². The van der Waals surface area contributed by atoms with Crippen molar-refractivity contribution in [2.45, 2.75) is 6.42 Å². The number of hydrogen-bond donors (Lipinski definition) is 2. The Morgan fingerprint density at radius 3 is 3.05 bits per heavy atom. The van der Waals surface area contributed by atoms with Crippen LogP contribution in [0.15, 0.2) is 12.3 Å². The largest absolute Gasteiger partial charge is 0.478 e. The highest BCUT2D eigenvalue weighted by Crippen LogP contribution is 2.23. The zero-order valence-corrected chi connectivity index (χ0v) is 10.0. The molecule has 8 heteroatoms. The lowest BCUT2D eigenvalue weighted by molar-refractivity contribution is -0.384. The summed E-state index contributed by atoms with van der Waals surface area (Å²) in [7, 11) is 0. The summed E-state index contributed by atoms with van der Waals surface area (Å²) >= 11 is 0. The summed E-state index contributed by atoms with van der Waals surface area (Å²) in [5.41, 5.74) is -0.541. The number of nitrogens with zero attached hydrogens (tertiary/aromatic N) is 2. The summed E-state index contributed by atoms with van der Waals surface area (Å²) in [5.74, 6) is -0.867. The lowest BCUT2D eigenvalue weighted by Crippen LogP contribution is -2.16. The molecular formula is C11H13N3O5. The Morgan fingerprint density at radius 2 is 2.47 bits per heavy atom. The average Bonchev–Trinajstić information content (AvgIpc) is 2.89. The summed E-state index contributed by atoms with van der Waals surface area (Å²) in [6.45, 7) is 1.83. The van der Waals surface area contributed by atoms with E-state index in [2.05, 4.69) is 10.3 Å². The molecule has 0 amide bonds. The van der Waals surface area contributed by atoms with Crippen LogP contribution < -0.4 is 5.32 Å². The smallest absolute Gasteiger partial charge is 0.337 e. The van der Waals surface area contributed by atoms with Gasteiger partial charge in [0, 0.05) is 31.3 Å². The number of ether oxygens (including phenoxy) is 1. The number of anilines is 1. The molecule has 19 heavy (non-hydrogen) atoms. The number of pyridine rings is 1. The van der Waals surface area contributed by atoms with E-state index in [0.717, 1.165) is 18.7 Å². The first-order valence-electron chi connectivity index (χ1n) is 5.77. The number of carboxylic acids is 1. The minimum absolute atomic E-state index is 0.0851. The molecule has 1 unspecified atom stereocenters. The Hall–Kier alpha value is -2.22. The number of carboxylic acid groups (broad SMARTS) is 1.